The Bertz CT molecular complexity index is 210. The molecule has 0 spiro atoms. The van der Waals surface area contributed by atoms with Crippen LogP contribution in [0.15, 0.2) is 0 Å². The Morgan fingerprint density at radius 2 is 1.06 bits per heavy atom. The van der Waals surface area contributed by atoms with Crippen LogP contribution in [0.3, 0.4) is 0 Å². The van der Waals surface area contributed by atoms with E-state index in [0.29, 0.717) is 0 Å². The first-order valence-corrected chi connectivity index (χ1v) is 8.46. The van der Waals surface area contributed by atoms with Crippen LogP contribution in [0.1, 0.15) is 84.0 Å². The molecule has 2 fully saturated rings. The molecule has 2 saturated carbocycles. The van der Waals surface area contributed by atoms with E-state index >= 15 is 0 Å². The first-order valence-electron chi connectivity index (χ1n) is 8.46. The van der Waals surface area contributed by atoms with Crippen LogP contribution in [0, 0.1) is 17.8 Å². The summed E-state index contributed by atoms with van der Waals surface area (Å²) in [6.07, 6.45) is 16.5. The lowest BCUT2D eigenvalue weighted by atomic mass is 9.76. The van der Waals surface area contributed by atoms with Gasteiger partial charge in [0.15, 0.2) is 0 Å². The van der Waals surface area contributed by atoms with E-state index in [9.17, 15) is 5.11 Å². The Hall–Kier alpha value is -0.0400. The fraction of sp³-hybridized carbons (Fsp3) is 1.00. The van der Waals surface area contributed by atoms with Gasteiger partial charge >= 0.3 is 0 Å². The normalized spacial score (nSPS) is 37.7. The van der Waals surface area contributed by atoms with Gasteiger partial charge in [0.1, 0.15) is 0 Å². The summed E-state index contributed by atoms with van der Waals surface area (Å²) in [5.74, 6) is 3.02. The highest BCUT2D eigenvalue weighted by Crippen LogP contribution is 2.36. The summed E-state index contributed by atoms with van der Waals surface area (Å²) < 4.78 is 0. The van der Waals surface area contributed by atoms with Crippen molar-refractivity contribution in [3.05, 3.63) is 0 Å². The lowest BCUT2D eigenvalue weighted by molar-refractivity contribution is 0.103. The fourth-order valence-corrected chi connectivity index (χ4v) is 4.12. The third-order valence-electron chi connectivity index (χ3n) is 5.46. The molecule has 0 saturated heterocycles. The lowest BCUT2D eigenvalue weighted by Gasteiger charge is -2.31. The number of aliphatic hydroxyl groups is 1. The summed E-state index contributed by atoms with van der Waals surface area (Å²) in [4.78, 5) is 0. The van der Waals surface area contributed by atoms with Gasteiger partial charge in [-0.05, 0) is 43.4 Å². The summed E-state index contributed by atoms with van der Waals surface area (Å²) in [6, 6.07) is 0. The maximum Gasteiger partial charge on any atom is 0.0540 e. The number of aliphatic hydroxyl groups excluding tert-OH is 1. The van der Waals surface area contributed by atoms with Gasteiger partial charge < -0.3 is 5.11 Å². The maximum atomic E-state index is 9.52. The van der Waals surface area contributed by atoms with Gasteiger partial charge in [-0.25, -0.2) is 0 Å². The van der Waals surface area contributed by atoms with E-state index in [4.69, 9.17) is 0 Å². The summed E-state index contributed by atoms with van der Waals surface area (Å²) >= 11 is 0. The molecule has 106 valence electrons. The highest BCUT2D eigenvalue weighted by atomic mass is 16.3. The van der Waals surface area contributed by atoms with Gasteiger partial charge in [-0.15, -0.1) is 0 Å². The molecule has 2 rings (SSSR count). The first kappa shape index (κ1) is 14.4. The van der Waals surface area contributed by atoms with Crippen LogP contribution in [0.2, 0.25) is 0 Å². The molecule has 0 amide bonds. The maximum absolute atomic E-state index is 9.52. The van der Waals surface area contributed by atoms with Crippen molar-refractivity contribution >= 4 is 0 Å². The zero-order valence-electron chi connectivity index (χ0n) is 12.2. The molecule has 0 unspecified atom stereocenters. The quantitative estimate of drug-likeness (QED) is 0.736. The highest BCUT2D eigenvalue weighted by Gasteiger charge is 2.23. The summed E-state index contributed by atoms with van der Waals surface area (Å²) in [5, 5.41) is 9.52. The van der Waals surface area contributed by atoms with E-state index in [1.165, 1.54) is 64.2 Å². The Balaban J connectivity index is 1.57. The van der Waals surface area contributed by atoms with Crippen LogP contribution < -0.4 is 0 Å². The van der Waals surface area contributed by atoms with Crippen LogP contribution in [-0.2, 0) is 0 Å². The van der Waals surface area contributed by atoms with Gasteiger partial charge in [0.05, 0.1) is 6.10 Å². The Morgan fingerprint density at radius 3 is 1.50 bits per heavy atom. The predicted molar refractivity (Wildman–Crippen MR) is 77.6 cm³/mol. The molecule has 0 atom stereocenters. The van der Waals surface area contributed by atoms with Crippen LogP contribution >= 0.6 is 0 Å². The Labute approximate surface area is 113 Å². The molecule has 2 aliphatic carbocycles. The van der Waals surface area contributed by atoms with Gasteiger partial charge in [0.2, 0.25) is 0 Å². The number of rotatable bonds is 5. The second kappa shape index (κ2) is 7.53. The van der Waals surface area contributed by atoms with E-state index in [1.807, 2.05) is 0 Å². The number of hydrogen-bond acceptors (Lipinski definition) is 1. The van der Waals surface area contributed by atoms with Crippen LogP contribution in [0.5, 0.6) is 0 Å². The zero-order chi connectivity index (χ0) is 12.8. The Morgan fingerprint density at radius 1 is 0.667 bits per heavy atom. The van der Waals surface area contributed by atoms with Crippen LogP contribution in [0.25, 0.3) is 0 Å². The molecule has 1 nitrogen and oxygen atoms in total. The van der Waals surface area contributed by atoms with Crippen molar-refractivity contribution < 1.29 is 5.11 Å². The van der Waals surface area contributed by atoms with Crippen molar-refractivity contribution in [2.45, 2.75) is 90.1 Å². The van der Waals surface area contributed by atoms with E-state index in [0.717, 1.165) is 30.6 Å². The van der Waals surface area contributed by atoms with Crippen molar-refractivity contribution in [1.29, 1.82) is 0 Å². The molecule has 0 aromatic heterocycles. The number of hydrogen-bond donors (Lipinski definition) is 1. The van der Waals surface area contributed by atoms with Gasteiger partial charge in [-0.3, -0.25) is 0 Å². The largest absolute Gasteiger partial charge is 0.393 e. The minimum absolute atomic E-state index is 0.0192. The average molecular weight is 252 g/mol. The summed E-state index contributed by atoms with van der Waals surface area (Å²) in [7, 11) is 0. The van der Waals surface area contributed by atoms with Crippen LogP contribution in [-0.4, -0.2) is 11.2 Å². The third-order valence-corrected chi connectivity index (χ3v) is 5.46. The molecule has 2 aliphatic rings. The Kier molecular flexibility index (Phi) is 6.01. The van der Waals surface area contributed by atoms with E-state index < -0.39 is 0 Å². The lowest BCUT2D eigenvalue weighted by Crippen LogP contribution is -2.20. The molecule has 1 N–H and O–H groups in total. The molecule has 18 heavy (non-hydrogen) atoms. The summed E-state index contributed by atoms with van der Waals surface area (Å²) in [6.45, 7) is 2.32. The molecule has 0 bridgehead atoms. The topological polar surface area (TPSA) is 20.2 Å². The molecule has 1 heteroatoms. The average Bonchev–Trinajstić information content (AvgIpc) is 2.40. The van der Waals surface area contributed by atoms with Crippen molar-refractivity contribution in [3.63, 3.8) is 0 Å². The minimum Gasteiger partial charge on any atom is -0.393 e. The molecule has 0 aromatic rings. The van der Waals surface area contributed by atoms with Crippen molar-refractivity contribution in [1.82, 2.24) is 0 Å². The molecule has 0 radical (unpaired) electrons. The van der Waals surface area contributed by atoms with E-state index in [2.05, 4.69) is 6.92 Å². The standard InChI is InChI=1S/C17H32O/c1-2-3-14-4-6-15(7-5-14)8-9-16-10-12-17(18)13-11-16/h14-18H,2-13H2,1H3/t14-,15-,16-,17-. The SMILES string of the molecule is CCC[C@H]1CC[C@H](CC[C@H]2CC[C@H](O)CC2)CC1. The molecular weight excluding hydrogens is 220 g/mol. The molecule has 0 heterocycles. The van der Waals surface area contributed by atoms with Crippen molar-refractivity contribution in [3.8, 4) is 0 Å². The van der Waals surface area contributed by atoms with Gasteiger partial charge in [0.25, 0.3) is 0 Å². The van der Waals surface area contributed by atoms with Gasteiger partial charge in [-0.2, -0.15) is 0 Å². The van der Waals surface area contributed by atoms with Crippen molar-refractivity contribution in [2.24, 2.45) is 17.8 Å². The molecule has 0 aliphatic heterocycles. The molecular formula is C17H32O. The zero-order valence-corrected chi connectivity index (χ0v) is 12.2. The molecule has 0 aromatic carbocycles. The van der Waals surface area contributed by atoms with Gasteiger partial charge in [-0.1, -0.05) is 58.3 Å². The fourth-order valence-electron chi connectivity index (χ4n) is 4.12. The smallest absolute Gasteiger partial charge is 0.0540 e. The highest BCUT2D eigenvalue weighted by molar-refractivity contribution is 4.76. The van der Waals surface area contributed by atoms with E-state index in [-0.39, 0.29) is 6.10 Å². The third kappa shape index (κ3) is 4.57. The van der Waals surface area contributed by atoms with Gasteiger partial charge in [0, 0.05) is 0 Å². The monoisotopic (exact) mass is 252 g/mol. The first-order chi connectivity index (χ1) is 8.78. The predicted octanol–water partition coefficient (Wildman–Crippen LogP) is 4.92. The van der Waals surface area contributed by atoms with Crippen LogP contribution in [0.4, 0.5) is 0 Å². The second-order valence-electron chi connectivity index (χ2n) is 6.93. The minimum atomic E-state index is 0.0192. The second-order valence-corrected chi connectivity index (χ2v) is 6.93. The summed E-state index contributed by atoms with van der Waals surface area (Å²) in [5.41, 5.74) is 0. The van der Waals surface area contributed by atoms with Crippen molar-refractivity contribution in [2.75, 3.05) is 0 Å². The van der Waals surface area contributed by atoms with E-state index in [1.54, 1.807) is 0 Å².